The van der Waals surface area contributed by atoms with Crippen LogP contribution in [0.5, 0.6) is 5.75 Å². The number of rotatable bonds is 6. The smallest absolute Gasteiger partial charge is 0.264 e. The molecule has 1 amide bonds. The largest absolute Gasteiger partial charge is 0.491 e. The normalized spacial score (nSPS) is 11.0. The summed E-state index contributed by atoms with van der Waals surface area (Å²) in [6.07, 6.45) is 2.50. The predicted molar refractivity (Wildman–Crippen MR) is 114 cm³/mol. The van der Waals surface area contributed by atoms with Gasteiger partial charge in [0, 0.05) is 17.6 Å². The van der Waals surface area contributed by atoms with Crippen molar-refractivity contribution >= 4 is 22.6 Å². The lowest BCUT2D eigenvalue weighted by Crippen LogP contribution is -2.23. The van der Waals surface area contributed by atoms with Gasteiger partial charge in [-0.2, -0.15) is 5.10 Å². The van der Waals surface area contributed by atoms with Gasteiger partial charge in [-0.25, -0.2) is 4.98 Å². The molecular formula is C22H21N5O3. The Balaban J connectivity index is 1.74. The maximum absolute atomic E-state index is 12.6. The Morgan fingerprint density at radius 1 is 1.20 bits per heavy atom. The molecule has 4 rings (SSSR count). The fraction of sp³-hybridized carbons (Fsp3) is 0.182. The van der Waals surface area contributed by atoms with Gasteiger partial charge >= 0.3 is 0 Å². The highest BCUT2D eigenvalue weighted by molar-refractivity contribution is 6.07. The van der Waals surface area contributed by atoms with Crippen molar-refractivity contribution in [3.63, 3.8) is 0 Å². The summed E-state index contributed by atoms with van der Waals surface area (Å²) in [5.41, 5.74) is 1.29. The lowest BCUT2D eigenvalue weighted by molar-refractivity contribution is 0.102. The molecule has 0 saturated heterocycles. The van der Waals surface area contributed by atoms with Crippen molar-refractivity contribution in [1.82, 2.24) is 19.7 Å². The van der Waals surface area contributed by atoms with Crippen LogP contribution in [0.15, 0.2) is 65.8 Å². The first-order valence-electron chi connectivity index (χ1n) is 9.56. The van der Waals surface area contributed by atoms with Crippen LogP contribution in [0, 0.1) is 0 Å². The van der Waals surface area contributed by atoms with E-state index >= 15 is 0 Å². The zero-order valence-electron chi connectivity index (χ0n) is 16.6. The van der Waals surface area contributed by atoms with Crippen molar-refractivity contribution in [2.45, 2.75) is 26.5 Å². The number of nitrogens with one attached hydrogen (secondary N) is 2. The maximum Gasteiger partial charge on any atom is 0.264 e. The molecule has 0 spiro atoms. The number of nitrogens with zero attached hydrogens (tertiary/aromatic N) is 3. The van der Waals surface area contributed by atoms with Gasteiger partial charge in [0.05, 0.1) is 24.5 Å². The number of ether oxygens (including phenoxy) is 1. The quantitative estimate of drug-likeness (QED) is 0.515. The number of anilines is 1. The summed E-state index contributed by atoms with van der Waals surface area (Å²) >= 11 is 0. The molecule has 0 unspecified atom stereocenters. The number of benzene rings is 2. The molecule has 2 heterocycles. The SMILES string of the molecule is CC(C)Oc1ccc2c(NC(=O)c3cnc[nH]c3=O)nn(Cc3ccccc3)c2c1. The van der Waals surface area contributed by atoms with E-state index in [1.54, 1.807) is 4.68 Å². The molecular weight excluding hydrogens is 382 g/mol. The van der Waals surface area contributed by atoms with Gasteiger partial charge in [-0.15, -0.1) is 0 Å². The zero-order valence-corrected chi connectivity index (χ0v) is 16.6. The van der Waals surface area contributed by atoms with Gasteiger partial charge in [0.2, 0.25) is 0 Å². The van der Waals surface area contributed by atoms with E-state index in [0.717, 1.165) is 16.5 Å². The second-order valence-corrected chi connectivity index (χ2v) is 7.09. The number of hydrogen-bond donors (Lipinski definition) is 2. The molecule has 0 atom stereocenters. The van der Waals surface area contributed by atoms with Gasteiger partial charge < -0.3 is 15.0 Å². The number of carbonyl (C=O) groups is 1. The molecule has 0 radical (unpaired) electrons. The Labute approximate surface area is 172 Å². The Hall–Kier alpha value is -3.94. The lowest BCUT2D eigenvalue weighted by atomic mass is 10.2. The molecule has 2 N–H and O–H groups in total. The molecule has 2 aromatic carbocycles. The maximum atomic E-state index is 12.6. The summed E-state index contributed by atoms with van der Waals surface area (Å²) in [5.74, 6) is 0.511. The van der Waals surface area contributed by atoms with E-state index in [2.05, 4.69) is 20.4 Å². The minimum Gasteiger partial charge on any atom is -0.491 e. The van der Waals surface area contributed by atoms with E-state index in [9.17, 15) is 9.59 Å². The number of carbonyl (C=O) groups excluding carboxylic acids is 1. The second-order valence-electron chi connectivity index (χ2n) is 7.09. The monoisotopic (exact) mass is 403 g/mol. The number of hydrogen-bond acceptors (Lipinski definition) is 5. The van der Waals surface area contributed by atoms with E-state index in [-0.39, 0.29) is 11.7 Å². The van der Waals surface area contributed by atoms with Crippen LogP contribution >= 0.6 is 0 Å². The Morgan fingerprint density at radius 2 is 2.00 bits per heavy atom. The van der Waals surface area contributed by atoms with Gasteiger partial charge in [0.25, 0.3) is 11.5 Å². The third kappa shape index (κ3) is 4.07. The number of aromatic nitrogens is 4. The van der Waals surface area contributed by atoms with Crippen LogP contribution in [0.2, 0.25) is 0 Å². The van der Waals surface area contributed by atoms with Crippen molar-refractivity contribution in [3.05, 3.63) is 82.5 Å². The summed E-state index contributed by atoms with van der Waals surface area (Å²) < 4.78 is 7.63. The number of H-pyrrole nitrogens is 1. The van der Waals surface area contributed by atoms with Crippen molar-refractivity contribution in [3.8, 4) is 5.75 Å². The van der Waals surface area contributed by atoms with Crippen molar-refractivity contribution < 1.29 is 9.53 Å². The minimum atomic E-state index is -0.571. The van der Waals surface area contributed by atoms with Crippen LogP contribution in [0.1, 0.15) is 29.8 Å². The molecule has 0 saturated carbocycles. The van der Waals surface area contributed by atoms with E-state index in [0.29, 0.717) is 18.1 Å². The second kappa shape index (κ2) is 8.20. The van der Waals surface area contributed by atoms with Gasteiger partial charge in [0.15, 0.2) is 5.82 Å². The first-order valence-corrected chi connectivity index (χ1v) is 9.56. The summed E-state index contributed by atoms with van der Waals surface area (Å²) in [7, 11) is 0. The topological polar surface area (TPSA) is 102 Å². The van der Waals surface area contributed by atoms with Crippen molar-refractivity contribution in [1.29, 1.82) is 0 Å². The van der Waals surface area contributed by atoms with Crippen LogP contribution in [-0.4, -0.2) is 31.8 Å². The Morgan fingerprint density at radius 3 is 2.73 bits per heavy atom. The average Bonchev–Trinajstić information content (AvgIpc) is 3.05. The molecule has 0 bridgehead atoms. The first-order chi connectivity index (χ1) is 14.5. The predicted octanol–water partition coefficient (Wildman–Crippen LogP) is 3.21. The fourth-order valence-electron chi connectivity index (χ4n) is 3.15. The first kappa shape index (κ1) is 19.4. The molecule has 0 aliphatic carbocycles. The summed E-state index contributed by atoms with van der Waals surface area (Å²) in [6, 6.07) is 15.5. The minimum absolute atomic E-state index is 0.0319. The average molecular weight is 403 g/mol. The Bertz CT molecular complexity index is 1240. The highest BCUT2D eigenvalue weighted by atomic mass is 16.5. The number of aromatic amines is 1. The molecule has 0 aliphatic heterocycles. The zero-order chi connectivity index (χ0) is 21.1. The van der Waals surface area contributed by atoms with E-state index in [4.69, 9.17) is 4.74 Å². The standard InChI is InChI=1S/C22H21N5O3/c1-14(2)30-16-8-9-17-19(10-16)27(12-15-6-4-3-5-7-15)26-20(17)25-22(29)18-11-23-13-24-21(18)28/h3-11,13-14H,12H2,1-2H3,(H,23,24,28)(H,25,26,29). The summed E-state index contributed by atoms with van der Waals surface area (Å²) in [6.45, 7) is 4.44. The van der Waals surface area contributed by atoms with E-state index in [1.165, 1.54) is 12.5 Å². The van der Waals surface area contributed by atoms with Crippen LogP contribution < -0.4 is 15.6 Å². The molecule has 152 valence electrons. The highest BCUT2D eigenvalue weighted by Gasteiger charge is 2.17. The molecule has 4 aromatic rings. The summed E-state index contributed by atoms with van der Waals surface area (Å²) in [5, 5.41) is 8.08. The third-order valence-corrected chi connectivity index (χ3v) is 4.47. The van der Waals surface area contributed by atoms with Crippen molar-refractivity contribution in [2.24, 2.45) is 0 Å². The molecule has 8 heteroatoms. The van der Waals surface area contributed by atoms with Gasteiger partial charge in [-0.1, -0.05) is 30.3 Å². The van der Waals surface area contributed by atoms with Gasteiger partial charge in [-0.3, -0.25) is 14.3 Å². The molecule has 0 fully saturated rings. The van der Waals surface area contributed by atoms with Crippen LogP contribution in [0.3, 0.4) is 0 Å². The molecule has 30 heavy (non-hydrogen) atoms. The van der Waals surface area contributed by atoms with Gasteiger partial charge in [-0.05, 0) is 31.5 Å². The molecule has 0 aliphatic rings. The third-order valence-electron chi connectivity index (χ3n) is 4.47. The fourth-order valence-corrected chi connectivity index (χ4v) is 3.15. The summed E-state index contributed by atoms with van der Waals surface area (Å²) in [4.78, 5) is 30.7. The highest BCUT2D eigenvalue weighted by Crippen LogP contribution is 2.28. The van der Waals surface area contributed by atoms with E-state index in [1.807, 2.05) is 62.4 Å². The molecule has 2 aromatic heterocycles. The lowest BCUT2D eigenvalue weighted by Gasteiger charge is -2.10. The number of fused-ring (bicyclic) bond motifs is 1. The molecule has 8 nitrogen and oxygen atoms in total. The van der Waals surface area contributed by atoms with Crippen molar-refractivity contribution in [2.75, 3.05) is 5.32 Å². The van der Waals surface area contributed by atoms with Crippen LogP contribution in [-0.2, 0) is 6.54 Å². The van der Waals surface area contributed by atoms with E-state index < -0.39 is 11.5 Å². The van der Waals surface area contributed by atoms with Gasteiger partial charge in [0.1, 0.15) is 11.3 Å². The number of amides is 1. The van der Waals surface area contributed by atoms with Crippen LogP contribution in [0.25, 0.3) is 10.9 Å². The Kier molecular flexibility index (Phi) is 5.30. The van der Waals surface area contributed by atoms with Crippen LogP contribution in [0.4, 0.5) is 5.82 Å².